The van der Waals surface area contributed by atoms with Crippen LogP contribution in [0.2, 0.25) is 0 Å². The van der Waals surface area contributed by atoms with Gasteiger partial charge in [0.05, 0.1) is 22.3 Å². The lowest BCUT2D eigenvalue weighted by atomic mass is 9.33. The number of para-hydroxylation sites is 2. The summed E-state index contributed by atoms with van der Waals surface area (Å²) in [5.74, 6) is 2.16. The Balaban J connectivity index is 0.876. The minimum Gasteiger partial charge on any atom is -0.311 e. The van der Waals surface area contributed by atoms with Crippen LogP contribution in [0.3, 0.4) is 0 Å². The average molecular weight is 1570 g/mol. The highest BCUT2D eigenvalue weighted by Crippen LogP contribution is 2.49. The van der Waals surface area contributed by atoms with Gasteiger partial charge in [-0.3, -0.25) is 0 Å². The Morgan fingerprint density at radius 3 is 0.983 bits per heavy atom. The molecule has 14 aromatic carbocycles. The summed E-state index contributed by atoms with van der Waals surface area (Å²) in [6.07, 6.45) is 8.38. The molecule has 0 bridgehead atoms. The lowest BCUT2D eigenvalue weighted by Crippen LogP contribution is -2.61. The summed E-state index contributed by atoms with van der Waals surface area (Å²) < 4.78 is 49.0. The molecule has 5 heterocycles. The molecule has 17 aromatic rings. The first-order chi connectivity index (χ1) is 58.9. The third-order valence-corrected chi connectivity index (χ3v) is 23.7. The first-order valence-electron chi connectivity index (χ1n) is 42.4. The van der Waals surface area contributed by atoms with E-state index in [0.29, 0.717) is 57.0 Å². The monoisotopic (exact) mass is 1570 g/mol. The summed E-state index contributed by atoms with van der Waals surface area (Å²) in [7, 11) is 0. The first kappa shape index (κ1) is 76.3. The lowest BCUT2D eigenvalue weighted by molar-refractivity contribution is -0.137. The number of alkyl halides is 3. The zero-order valence-corrected chi connectivity index (χ0v) is 67.8. The molecule has 13 heteroatoms. The van der Waals surface area contributed by atoms with Crippen LogP contribution in [-0.2, 0) is 31.9 Å². The van der Waals surface area contributed by atoms with Crippen molar-refractivity contribution in [1.82, 2.24) is 34.5 Å². The predicted octanol–water partition coefficient (Wildman–Crippen LogP) is 26.6. The van der Waals surface area contributed by atoms with Crippen molar-refractivity contribution >= 4 is 79.0 Å². The molecule has 2 aliphatic heterocycles. The third-order valence-electron chi connectivity index (χ3n) is 23.7. The summed E-state index contributed by atoms with van der Waals surface area (Å²) in [5.41, 5.74) is 27.1. The smallest absolute Gasteiger partial charge is 0.311 e. The van der Waals surface area contributed by atoms with E-state index in [2.05, 4.69) is 212 Å². The normalized spacial score (nSPS) is 12.3. The van der Waals surface area contributed by atoms with Crippen molar-refractivity contribution in [2.45, 2.75) is 111 Å². The minimum atomic E-state index is -4.73. The van der Waals surface area contributed by atoms with Crippen molar-refractivity contribution in [3.05, 3.63) is 349 Å². The standard InChI is InChI=1S/C107H89BF3N9/c1-5-9-31-70-57-71(32-10-6-2)60-82(59-70)79-48-54-96-91(65-79)108-92-66-80(83-61-72(33-11-7-3)58-73(62-83)34-12-8-4)49-55-97(92)119(87-45-29-18-30-46-87)99-68-84(67-98(100(99)108)118(96)86-43-27-17-28-44-86)78-47-52-93-88(63-78)89-64-81(105-114-101(74-35-19-13-20-36-74)112-102(115-105)75-37-21-14-22-38-75)50-53-94(89)120(93)95-56-51-85(107(109,110)111)69-90(95)106-116-103(76-39-23-15-24-40-76)113-104(117-106)77-41-25-16-26-42-77/h13-30,35-69H,5-12,31-34H2,1-4H3. The summed E-state index contributed by atoms with van der Waals surface area (Å²) >= 11 is 0. The number of hydrogen-bond acceptors (Lipinski definition) is 8. The maximum atomic E-state index is 15.7. The molecular weight excluding hydrogens is 1480 g/mol. The van der Waals surface area contributed by atoms with E-state index in [1.165, 1.54) is 67.0 Å². The van der Waals surface area contributed by atoms with Crippen LogP contribution in [-0.4, -0.2) is 41.2 Å². The Morgan fingerprint density at radius 2 is 0.600 bits per heavy atom. The molecule has 0 unspecified atom stereocenters. The molecule has 0 atom stereocenters. The molecule has 3 aromatic heterocycles. The van der Waals surface area contributed by atoms with E-state index in [1.54, 1.807) is 6.07 Å². The highest BCUT2D eigenvalue weighted by atomic mass is 19.4. The van der Waals surface area contributed by atoms with E-state index in [-0.39, 0.29) is 18.1 Å². The van der Waals surface area contributed by atoms with E-state index in [0.717, 1.165) is 156 Å². The van der Waals surface area contributed by atoms with Crippen molar-refractivity contribution in [2.24, 2.45) is 0 Å². The number of benzene rings is 14. The number of hydrogen-bond donors (Lipinski definition) is 0. The molecule has 0 spiro atoms. The van der Waals surface area contributed by atoms with Crippen LogP contribution < -0.4 is 26.2 Å². The zero-order valence-electron chi connectivity index (χ0n) is 67.8. The van der Waals surface area contributed by atoms with Crippen LogP contribution in [0.5, 0.6) is 0 Å². The average Bonchev–Trinajstić information content (AvgIpc) is 0.713. The van der Waals surface area contributed by atoms with Crippen molar-refractivity contribution in [3.63, 3.8) is 0 Å². The van der Waals surface area contributed by atoms with Crippen LogP contribution >= 0.6 is 0 Å². The van der Waals surface area contributed by atoms with Gasteiger partial charge in [0.25, 0.3) is 6.71 Å². The molecule has 0 saturated heterocycles. The second-order valence-electron chi connectivity index (χ2n) is 31.8. The molecule has 19 rings (SSSR count). The highest BCUT2D eigenvalue weighted by molar-refractivity contribution is 7.00. The predicted molar refractivity (Wildman–Crippen MR) is 490 cm³/mol. The maximum Gasteiger partial charge on any atom is 0.416 e. The van der Waals surface area contributed by atoms with Gasteiger partial charge in [0, 0.05) is 78.3 Å². The molecule has 586 valence electrons. The number of fused-ring (bicyclic) bond motifs is 7. The molecule has 0 amide bonds. The molecule has 0 radical (unpaired) electrons. The van der Waals surface area contributed by atoms with E-state index < -0.39 is 11.7 Å². The molecule has 0 aliphatic carbocycles. The fourth-order valence-corrected chi connectivity index (χ4v) is 17.8. The number of aryl methyl sites for hydroxylation is 4. The van der Waals surface area contributed by atoms with E-state index >= 15 is 13.2 Å². The van der Waals surface area contributed by atoms with Crippen LogP contribution in [0.1, 0.15) is 107 Å². The van der Waals surface area contributed by atoms with Crippen LogP contribution in [0.25, 0.3) is 129 Å². The summed E-state index contributed by atoms with van der Waals surface area (Å²) in [6.45, 7) is 8.88. The Labute approximate surface area is 699 Å². The van der Waals surface area contributed by atoms with E-state index in [9.17, 15) is 0 Å². The number of anilines is 6. The van der Waals surface area contributed by atoms with Crippen molar-refractivity contribution < 1.29 is 13.2 Å². The molecular formula is C107H89BF3N9. The molecule has 0 saturated carbocycles. The fourth-order valence-electron chi connectivity index (χ4n) is 17.8. The largest absolute Gasteiger partial charge is 0.416 e. The second-order valence-corrected chi connectivity index (χ2v) is 31.8. The second kappa shape index (κ2) is 33.0. The molecule has 9 nitrogen and oxygen atoms in total. The molecule has 120 heavy (non-hydrogen) atoms. The number of halogens is 3. The number of nitrogens with zero attached hydrogens (tertiary/aromatic N) is 9. The topological polar surface area (TPSA) is 88.8 Å². The van der Waals surface area contributed by atoms with Gasteiger partial charge in [0.1, 0.15) is 0 Å². The quantitative estimate of drug-likeness (QED) is 0.0553. The number of rotatable bonds is 24. The number of unbranched alkanes of at least 4 members (excludes halogenated alkanes) is 4. The van der Waals surface area contributed by atoms with Crippen LogP contribution in [0.4, 0.5) is 47.3 Å². The Hall–Kier alpha value is -13.6. The zero-order chi connectivity index (χ0) is 81.4. The van der Waals surface area contributed by atoms with Gasteiger partial charge in [0.15, 0.2) is 34.9 Å². The van der Waals surface area contributed by atoms with Crippen LogP contribution in [0.15, 0.2) is 322 Å². The van der Waals surface area contributed by atoms with Crippen molar-refractivity contribution in [2.75, 3.05) is 9.80 Å². The molecule has 0 N–H and O–H groups in total. The molecule has 0 fully saturated rings. The van der Waals surface area contributed by atoms with E-state index in [1.807, 2.05) is 133 Å². The molecule has 2 aliphatic rings. The lowest BCUT2D eigenvalue weighted by Gasteiger charge is -2.44. The van der Waals surface area contributed by atoms with Gasteiger partial charge in [0.2, 0.25) is 0 Å². The highest BCUT2D eigenvalue weighted by Gasteiger charge is 2.45. The van der Waals surface area contributed by atoms with Gasteiger partial charge >= 0.3 is 6.18 Å². The summed E-state index contributed by atoms with van der Waals surface area (Å²) in [5, 5.41) is 1.63. The van der Waals surface area contributed by atoms with Crippen molar-refractivity contribution in [3.8, 4) is 107 Å². The SMILES string of the molecule is CCCCc1cc(CCCC)cc(-c2ccc3c(c2)B2c4cc(-c5cc(CCCC)cc(CCCC)c5)ccc4N(c4ccccc4)c4cc(-c5ccc6c(c5)c5cc(-c7nc(-c8ccccc8)nc(-c8ccccc8)n7)ccc5n6-c5ccc(C(F)(F)F)cc5-c5nc(-c6ccccc6)nc(-c6ccccc6)n5)cc(c42)N3c2ccccc2)c1. The fraction of sp³-hybridized carbons (Fsp3) is 0.159. The van der Waals surface area contributed by atoms with Crippen LogP contribution in [0, 0.1) is 0 Å². The van der Waals surface area contributed by atoms with Gasteiger partial charge < -0.3 is 14.4 Å². The Kier molecular flexibility index (Phi) is 21.0. The minimum absolute atomic E-state index is 0.0725. The first-order valence-corrected chi connectivity index (χ1v) is 42.4. The van der Waals surface area contributed by atoms with E-state index in [4.69, 9.17) is 29.9 Å². The Bertz CT molecular complexity index is 6310. The maximum absolute atomic E-state index is 15.7. The Morgan fingerprint density at radius 1 is 0.275 bits per heavy atom. The van der Waals surface area contributed by atoms with Crippen molar-refractivity contribution in [1.29, 1.82) is 0 Å². The van der Waals surface area contributed by atoms with Gasteiger partial charge in [-0.05, 0) is 220 Å². The van der Waals surface area contributed by atoms with Gasteiger partial charge in [-0.25, -0.2) is 29.9 Å². The summed E-state index contributed by atoms with van der Waals surface area (Å²) in [4.78, 5) is 35.9. The summed E-state index contributed by atoms with van der Waals surface area (Å²) in [6, 6.07) is 111. The van der Waals surface area contributed by atoms with Gasteiger partial charge in [-0.15, -0.1) is 0 Å². The third kappa shape index (κ3) is 14.9. The van der Waals surface area contributed by atoms with Gasteiger partial charge in [-0.1, -0.05) is 278 Å². The number of aromatic nitrogens is 7. The van der Waals surface area contributed by atoms with Gasteiger partial charge in [-0.2, -0.15) is 13.2 Å².